The van der Waals surface area contributed by atoms with Gasteiger partial charge in [0.15, 0.2) is 11.5 Å². The quantitative estimate of drug-likeness (QED) is 0.899. The molecule has 1 aliphatic heterocycles. The lowest BCUT2D eigenvalue weighted by molar-refractivity contribution is 0.0888. The molecule has 0 unspecified atom stereocenters. The fourth-order valence-electron chi connectivity index (χ4n) is 2.34. The minimum Gasteiger partial charge on any atom is -0.485 e. The summed E-state index contributed by atoms with van der Waals surface area (Å²) in [6.07, 6.45) is 1.69. The van der Waals surface area contributed by atoms with Gasteiger partial charge in [0.25, 0.3) is 5.91 Å². The number of fused-ring (bicyclic) bond motifs is 1. The summed E-state index contributed by atoms with van der Waals surface area (Å²) < 4.78 is 17.9. The van der Waals surface area contributed by atoms with E-state index in [1.807, 2.05) is 13.1 Å². The molecule has 0 radical (unpaired) electrons. The number of methoxy groups -OCH3 is 1. The van der Waals surface area contributed by atoms with Crippen LogP contribution >= 0.6 is 11.3 Å². The zero-order valence-corrected chi connectivity index (χ0v) is 13.2. The van der Waals surface area contributed by atoms with Gasteiger partial charge in [-0.05, 0) is 6.07 Å². The summed E-state index contributed by atoms with van der Waals surface area (Å²) >= 11 is 1.31. The molecular weight excluding hydrogens is 306 g/mol. The fraction of sp³-hybridized carbons (Fsp3) is 0.429. The Morgan fingerprint density at radius 1 is 1.55 bits per heavy atom. The van der Waals surface area contributed by atoms with Crippen molar-refractivity contribution in [3.8, 4) is 11.5 Å². The number of aryl methyl sites for hydroxylation is 1. The van der Waals surface area contributed by atoms with E-state index in [1.165, 1.54) is 11.3 Å². The molecule has 0 saturated heterocycles. The standard InChI is InChI=1S/C14H17N3O4S/c1-17-10(3-4-15-17)9(7-19-2)16-14(18)13-12-11(8-22-13)20-5-6-21-12/h3-4,8-9H,5-7H2,1-2H3,(H,16,18)/t9-/m1/s1. The number of aromatic nitrogens is 2. The van der Waals surface area contributed by atoms with Gasteiger partial charge >= 0.3 is 0 Å². The number of nitrogens with one attached hydrogen (secondary N) is 1. The zero-order chi connectivity index (χ0) is 15.5. The summed E-state index contributed by atoms with van der Waals surface area (Å²) in [6.45, 7) is 1.32. The Kier molecular flexibility index (Phi) is 4.30. The molecule has 0 aliphatic carbocycles. The second-order valence-corrected chi connectivity index (χ2v) is 5.70. The summed E-state index contributed by atoms with van der Waals surface area (Å²) in [7, 11) is 3.42. The predicted octanol–water partition coefficient (Wildman–Crippen LogP) is 1.37. The molecule has 1 amide bonds. The molecule has 0 aromatic carbocycles. The van der Waals surface area contributed by atoms with Crippen LogP contribution in [0.5, 0.6) is 11.5 Å². The van der Waals surface area contributed by atoms with E-state index in [0.717, 1.165) is 5.69 Å². The van der Waals surface area contributed by atoms with E-state index in [2.05, 4.69) is 10.4 Å². The van der Waals surface area contributed by atoms with Gasteiger partial charge in [0, 0.05) is 25.7 Å². The third-order valence-electron chi connectivity index (χ3n) is 3.36. The topological polar surface area (TPSA) is 74.6 Å². The summed E-state index contributed by atoms with van der Waals surface area (Å²) in [4.78, 5) is 13.1. The first-order chi connectivity index (χ1) is 10.7. The van der Waals surface area contributed by atoms with Crippen LogP contribution in [0.2, 0.25) is 0 Å². The van der Waals surface area contributed by atoms with Crippen LogP contribution in [0, 0.1) is 0 Å². The molecule has 0 spiro atoms. The first-order valence-electron chi connectivity index (χ1n) is 6.85. The average Bonchev–Trinajstić information content (AvgIpc) is 3.12. The average molecular weight is 323 g/mol. The SMILES string of the molecule is COC[C@@H](NC(=O)c1scc2c1OCCO2)c1ccnn1C. The molecule has 3 heterocycles. The number of amides is 1. The number of carbonyl (C=O) groups is 1. The van der Waals surface area contributed by atoms with Gasteiger partial charge in [-0.15, -0.1) is 11.3 Å². The van der Waals surface area contributed by atoms with Crippen LogP contribution in [0.1, 0.15) is 21.4 Å². The van der Waals surface area contributed by atoms with Crippen molar-refractivity contribution in [1.82, 2.24) is 15.1 Å². The molecule has 2 aromatic heterocycles. The van der Waals surface area contributed by atoms with Crippen molar-refractivity contribution < 1.29 is 19.0 Å². The van der Waals surface area contributed by atoms with Gasteiger partial charge in [-0.1, -0.05) is 0 Å². The van der Waals surface area contributed by atoms with Crippen molar-refractivity contribution in [2.24, 2.45) is 7.05 Å². The Hall–Kier alpha value is -2.06. The number of hydrogen-bond acceptors (Lipinski definition) is 6. The van der Waals surface area contributed by atoms with E-state index in [0.29, 0.717) is 36.2 Å². The van der Waals surface area contributed by atoms with Gasteiger partial charge < -0.3 is 19.5 Å². The third kappa shape index (κ3) is 2.79. The van der Waals surface area contributed by atoms with Crippen LogP contribution < -0.4 is 14.8 Å². The van der Waals surface area contributed by atoms with Crippen molar-refractivity contribution in [3.63, 3.8) is 0 Å². The molecular formula is C14H17N3O4S. The summed E-state index contributed by atoms with van der Waals surface area (Å²) in [5.41, 5.74) is 0.873. The van der Waals surface area contributed by atoms with Crippen LogP contribution in [-0.2, 0) is 11.8 Å². The smallest absolute Gasteiger partial charge is 0.265 e. The Labute approximate surface area is 131 Å². The van der Waals surface area contributed by atoms with Gasteiger partial charge in [-0.25, -0.2) is 0 Å². The Balaban J connectivity index is 1.80. The Morgan fingerprint density at radius 3 is 3.09 bits per heavy atom. The first kappa shape index (κ1) is 14.9. The van der Waals surface area contributed by atoms with Crippen LogP contribution in [0.15, 0.2) is 17.6 Å². The molecule has 0 bridgehead atoms. The van der Waals surface area contributed by atoms with Gasteiger partial charge in [-0.3, -0.25) is 9.48 Å². The fourth-order valence-corrected chi connectivity index (χ4v) is 3.17. The molecule has 2 aromatic rings. The lowest BCUT2D eigenvalue weighted by atomic mass is 10.2. The molecule has 1 N–H and O–H groups in total. The van der Waals surface area contributed by atoms with Crippen LogP contribution in [0.4, 0.5) is 0 Å². The molecule has 22 heavy (non-hydrogen) atoms. The molecule has 118 valence electrons. The second-order valence-electron chi connectivity index (χ2n) is 4.82. The van der Waals surface area contributed by atoms with Gasteiger partial charge in [0.05, 0.1) is 18.3 Å². The van der Waals surface area contributed by atoms with Crippen molar-refractivity contribution in [2.45, 2.75) is 6.04 Å². The lowest BCUT2D eigenvalue weighted by Gasteiger charge is -2.19. The maximum absolute atomic E-state index is 12.5. The van der Waals surface area contributed by atoms with Gasteiger partial charge in [0.1, 0.15) is 18.1 Å². The van der Waals surface area contributed by atoms with E-state index in [9.17, 15) is 4.79 Å². The van der Waals surface area contributed by atoms with E-state index >= 15 is 0 Å². The Bertz CT molecular complexity index is 667. The minimum atomic E-state index is -0.285. The van der Waals surface area contributed by atoms with Crippen LogP contribution in [0.25, 0.3) is 0 Å². The second kappa shape index (κ2) is 6.37. The van der Waals surface area contributed by atoms with Crippen molar-refractivity contribution in [2.75, 3.05) is 26.9 Å². The highest BCUT2D eigenvalue weighted by molar-refractivity contribution is 7.12. The largest absolute Gasteiger partial charge is 0.485 e. The first-order valence-corrected chi connectivity index (χ1v) is 7.73. The molecule has 0 saturated carbocycles. The highest BCUT2D eigenvalue weighted by Gasteiger charge is 2.26. The highest BCUT2D eigenvalue weighted by atomic mass is 32.1. The summed E-state index contributed by atoms with van der Waals surface area (Å²) in [5, 5.41) is 8.88. The molecule has 0 fully saturated rings. The monoisotopic (exact) mass is 323 g/mol. The van der Waals surface area contributed by atoms with E-state index in [1.54, 1.807) is 23.4 Å². The minimum absolute atomic E-state index is 0.208. The van der Waals surface area contributed by atoms with Crippen LogP contribution in [0.3, 0.4) is 0 Å². The maximum atomic E-state index is 12.5. The molecule has 8 heteroatoms. The number of hydrogen-bond donors (Lipinski definition) is 1. The number of rotatable bonds is 5. The van der Waals surface area contributed by atoms with Crippen LogP contribution in [-0.4, -0.2) is 42.6 Å². The molecule has 1 atom stereocenters. The van der Waals surface area contributed by atoms with Gasteiger partial charge in [-0.2, -0.15) is 5.10 Å². The van der Waals surface area contributed by atoms with Crippen molar-refractivity contribution in [1.29, 1.82) is 0 Å². The predicted molar refractivity (Wildman–Crippen MR) is 80.6 cm³/mol. The van der Waals surface area contributed by atoms with E-state index in [-0.39, 0.29) is 11.9 Å². The molecule has 7 nitrogen and oxygen atoms in total. The summed E-state index contributed by atoms with van der Waals surface area (Å²) in [6, 6.07) is 1.57. The molecule has 3 rings (SSSR count). The maximum Gasteiger partial charge on any atom is 0.265 e. The zero-order valence-electron chi connectivity index (χ0n) is 12.4. The number of carbonyl (C=O) groups excluding carboxylic acids is 1. The summed E-state index contributed by atoms with van der Waals surface area (Å²) in [5.74, 6) is 0.945. The lowest BCUT2D eigenvalue weighted by Crippen LogP contribution is -2.32. The van der Waals surface area contributed by atoms with Gasteiger partial charge in [0.2, 0.25) is 0 Å². The highest BCUT2D eigenvalue weighted by Crippen LogP contribution is 2.39. The molecule has 1 aliphatic rings. The van der Waals surface area contributed by atoms with E-state index < -0.39 is 0 Å². The third-order valence-corrected chi connectivity index (χ3v) is 4.30. The number of thiophene rings is 1. The van der Waals surface area contributed by atoms with Crippen molar-refractivity contribution >= 4 is 17.2 Å². The number of ether oxygens (including phenoxy) is 3. The van der Waals surface area contributed by atoms with E-state index in [4.69, 9.17) is 14.2 Å². The Morgan fingerprint density at radius 2 is 2.36 bits per heavy atom. The normalized spacial score (nSPS) is 14.6. The number of nitrogens with zero attached hydrogens (tertiary/aromatic N) is 2. The van der Waals surface area contributed by atoms with Crippen molar-refractivity contribution in [3.05, 3.63) is 28.2 Å².